The van der Waals surface area contributed by atoms with Crippen LogP contribution in [0.2, 0.25) is 0 Å². The van der Waals surface area contributed by atoms with E-state index in [2.05, 4.69) is 30.7 Å². The summed E-state index contributed by atoms with van der Waals surface area (Å²) in [6, 6.07) is 0. The lowest BCUT2D eigenvalue weighted by molar-refractivity contribution is -0.151. The van der Waals surface area contributed by atoms with E-state index in [4.69, 9.17) is 4.74 Å². The van der Waals surface area contributed by atoms with Crippen LogP contribution in [-0.2, 0) is 10.3 Å². The first-order chi connectivity index (χ1) is 7.56. The Kier molecular flexibility index (Phi) is 2.98. The van der Waals surface area contributed by atoms with Crippen molar-refractivity contribution in [2.24, 2.45) is 5.41 Å². The minimum atomic E-state index is -0.216. The van der Waals surface area contributed by atoms with Gasteiger partial charge in [-0.1, -0.05) is 20.8 Å². The van der Waals surface area contributed by atoms with E-state index in [0.29, 0.717) is 0 Å². The summed E-state index contributed by atoms with van der Waals surface area (Å²) >= 11 is 0. The van der Waals surface area contributed by atoms with E-state index in [1.165, 1.54) is 6.42 Å². The molecule has 0 bridgehead atoms. The summed E-state index contributed by atoms with van der Waals surface area (Å²) in [6.07, 6.45) is 8.79. The highest BCUT2D eigenvalue weighted by atomic mass is 16.5. The first-order valence-corrected chi connectivity index (χ1v) is 5.96. The average Bonchev–Trinajstić information content (AvgIpc) is 2.30. The Morgan fingerprint density at radius 1 is 1.19 bits per heavy atom. The third-order valence-electron chi connectivity index (χ3n) is 3.51. The number of ether oxygens (including phenoxy) is 1. The molecule has 1 aliphatic heterocycles. The zero-order chi connectivity index (χ0) is 11.6. The van der Waals surface area contributed by atoms with E-state index in [0.717, 1.165) is 25.0 Å². The van der Waals surface area contributed by atoms with Crippen LogP contribution in [-0.4, -0.2) is 16.6 Å². The van der Waals surface area contributed by atoms with Crippen LogP contribution in [0.4, 0.5) is 0 Å². The normalized spacial score (nSPS) is 26.7. The van der Waals surface area contributed by atoms with Gasteiger partial charge in [0.2, 0.25) is 0 Å². The largest absolute Gasteiger partial charge is 0.370 e. The monoisotopic (exact) mass is 220 g/mol. The zero-order valence-electron chi connectivity index (χ0n) is 10.4. The van der Waals surface area contributed by atoms with Gasteiger partial charge in [-0.2, -0.15) is 0 Å². The Morgan fingerprint density at radius 2 is 1.88 bits per heavy atom. The van der Waals surface area contributed by atoms with Crippen molar-refractivity contribution in [3.05, 3.63) is 24.3 Å². The number of rotatable bonds is 1. The van der Waals surface area contributed by atoms with E-state index < -0.39 is 0 Å². The molecule has 1 atom stereocenters. The molecule has 3 nitrogen and oxygen atoms in total. The van der Waals surface area contributed by atoms with Crippen molar-refractivity contribution in [1.82, 2.24) is 9.97 Å². The second-order valence-electron chi connectivity index (χ2n) is 5.51. The van der Waals surface area contributed by atoms with Crippen molar-refractivity contribution in [3.63, 3.8) is 0 Å². The van der Waals surface area contributed by atoms with Crippen molar-refractivity contribution in [2.75, 3.05) is 6.61 Å². The van der Waals surface area contributed by atoms with E-state index in [1.807, 2.05) is 12.4 Å². The predicted molar refractivity (Wildman–Crippen MR) is 63.0 cm³/mol. The standard InChI is InChI=1S/C13H20N2O/c1-12(2,3)13(6-4-5-7-16-13)11-8-14-10-15-9-11/h8-10H,4-7H2,1-3H3. The lowest BCUT2D eigenvalue weighted by Gasteiger charge is -2.47. The van der Waals surface area contributed by atoms with Gasteiger partial charge in [-0.3, -0.25) is 0 Å². The number of aromatic nitrogens is 2. The van der Waals surface area contributed by atoms with Crippen molar-refractivity contribution in [1.29, 1.82) is 0 Å². The van der Waals surface area contributed by atoms with Crippen LogP contribution in [0.5, 0.6) is 0 Å². The summed E-state index contributed by atoms with van der Waals surface area (Å²) in [5.74, 6) is 0. The molecule has 0 radical (unpaired) electrons. The van der Waals surface area contributed by atoms with E-state index in [-0.39, 0.29) is 11.0 Å². The molecule has 1 aromatic rings. The molecule has 1 fully saturated rings. The highest BCUT2D eigenvalue weighted by molar-refractivity contribution is 5.19. The Bertz CT molecular complexity index is 337. The van der Waals surface area contributed by atoms with E-state index in [9.17, 15) is 0 Å². The van der Waals surface area contributed by atoms with Crippen LogP contribution in [0, 0.1) is 5.41 Å². The van der Waals surface area contributed by atoms with Crippen LogP contribution in [0.3, 0.4) is 0 Å². The fraction of sp³-hybridized carbons (Fsp3) is 0.692. The molecule has 1 aliphatic rings. The summed E-state index contributed by atoms with van der Waals surface area (Å²) in [7, 11) is 0. The van der Waals surface area contributed by atoms with Gasteiger partial charge in [-0.05, 0) is 24.7 Å². The molecule has 0 spiro atoms. The highest BCUT2D eigenvalue weighted by Gasteiger charge is 2.45. The molecule has 0 aromatic carbocycles. The summed E-state index contributed by atoms with van der Waals surface area (Å²) in [6.45, 7) is 7.52. The molecule has 1 unspecified atom stereocenters. The van der Waals surface area contributed by atoms with Gasteiger partial charge < -0.3 is 4.74 Å². The molecule has 0 N–H and O–H groups in total. The van der Waals surface area contributed by atoms with Gasteiger partial charge in [0.05, 0.1) is 0 Å². The predicted octanol–water partition coefficient (Wildman–Crippen LogP) is 2.92. The van der Waals surface area contributed by atoms with Gasteiger partial charge in [0.1, 0.15) is 11.9 Å². The quantitative estimate of drug-likeness (QED) is 0.730. The SMILES string of the molecule is CC(C)(C)C1(c2cncnc2)CCCCO1. The molecular weight excluding hydrogens is 200 g/mol. The van der Waals surface area contributed by atoms with Crippen molar-refractivity contribution < 1.29 is 4.74 Å². The van der Waals surface area contributed by atoms with Gasteiger partial charge >= 0.3 is 0 Å². The topological polar surface area (TPSA) is 35.0 Å². The fourth-order valence-corrected chi connectivity index (χ4v) is 2.55. The Balaban J connectivity index is 2.42. The molecule has 1 saturated heterocycles. The third-order valence-corrected chi connectivity index (χ3v) is 3.51. The molecule has 2 rings (SSSR count). The summed E-state index contributed by atoms with van der Waals surface area (Å²) in [4.78, 5) is 8.25. The van der Waals surface area contributed by atoms with Gasteiger partial charge in [0.15, 0.2) is 0 Å². The lowest BCUT2D eigenvalue weighted by Crippen LogP contribution is -2.45. The van der Waals surface area contributed by atoms with Gasteiger partial charge in [0.25, 0.3) is 0 Å². The van der Waals surface area contributed by atoms with Gasteiger partial charge in [0, 0.05) is 24.6 Å². The third kappa shape index (κ3) is 1.84. The minimum absolute atomic E-state index is 0.0676. The summed E-state index contributed by atoms with van der Waals surface area (Å²) in [5.41, 5.74) is 0.965. The Labute approximate surface area is 97.3 Å². The first kappa shape index (κ1) is 11.5. The molecule has 16 heavy (non-hydrogen) atoms. The number of hydrogen-bond acceptors (Lipinski definition) is 3. The second kappa shape index (κ2) is 4.13. The maximum atomic E-state index is 6.14. The van der Waals surface area contributed by atoms with Crippen LogP contribution in [0.15, 0.2) is 18.7 Å². The Hall–Kier alpha value is -0.960. The molecule has 3 heteroatoms. The van der Waals surface area contributed by atoms with Crippen LogP contribution in [0.25, 0.3) is 0 Å². The van der Waals surface area contributed by atoms with Crippen molar-refractivity contribution in [2.45, 2.75) is 45.6 Å². The molecule has 0 aliphatic carbocycles. The smallest absolute Gasteiger partial charge is 0.115 e. The zero-order valence-corrected chi connectivity index (χ0v) is 10.4. The van der Waals surface area contributed by atoms with Crippen molar-refractivity contribution >= 4 is 0 Å². The number of nitrogens with zero attached hydrogens (tertiary/aromatic N) is 2. The number of hydrogen-bond donors (Lipinski definition) is 0. The first-order valence-electron chi connectivity index (χ1n) is 5.96. The Morgan fingerprint density at radius 3 is 2.38 bits per heavy atom. The molecule has 0 amide bonds. The molecule has 2 heterocycles. The molecular formula is C13H20N2O. The summed E-state index contributed by atoms with van der Waals surface area (Å²) in [5, 5.41) is 0. The van der Waals surface area contributed by atoms with Gasteiger partial charge in [-0.25, -0.2) is 9.97 Å². The average molecular weight is 220 g/mol. The lowest BCUT2D eigenvalue weighted by atomic mass is 9.69. The highest BCUT2D eigenvalue weighted by Crippen LogP contribution is 2.47. The maximum Gasteiger partial charge on any atom is 0.115 e. The second-order valence-corrected chi connectivity index (χ2v) is 5.51. The van der Waals surface area contributed by atoms with Gasteiger partial charge in [-0.15, -0.1) is 0 Å². The van der Waals surface area contributed by atoms with Crippen molar-refractivity contribution in [3.8, 4) is 0 Å². The maximum absolute atomic E-state index is 6.14. The molecule has 1 aromatic heterocycles. The molecule has 0 saturated carbocycles. The molecule has 88 valence electrons. The van der Waals surface area contributed by atoms with E-state index >= 15 is 0 Å². The minimum Gasteiger partial charge on any atom is -0.370 e. The van der Waals surface area contributed by atoms with Crippen LogP contribution >= 0.6 is 0 Å². The fourth-order valence-electron chi connectivity index (χ4n) is 2.55. The summed E-state index contributed by atoms with van der Waals surface area (Å²) < 4.78 is 6.14. The van der Waals surface area contributed by atoms with E-state index in [1.54, 1.807) is 6.33 Å². The van der Waals surface area contributed by atoms with Crippen LogP contribution in [0.1, 0.15) is 45.6 Å². The van der Waals surface area contributed by atoms with Crippen LogP contribution < -0.4 is 0 Å².